The van der Waals surface area contributed by atoms with Gasteiger partial charge in [-0.1, -0.05) is 30.3 Å². The van der Waals surface area contributed by atoms with Gasteiger partial charge in [-0.15, -0.1) is 0 Å². The molecule has 0 saturated heterocycles. The monoisotopic (exact) mass is 307 g/mol. The predicted molar refractivity (Wildman–Crippen MR) is 83.7 cm³/mol. The molecule has 1 amide bonds. The van der Waals surface area contributed by atoms with Crippen LogP contribution < -0.4 is 5.32 Å². The first-order valence-corrected chi connectivity index (χ1v) is 7.80. The van der Waals surface area contributed by atoms with Crippen molar-refractivity contribution < 1.29 is 19.4 Å². The third kappa shape index (κ3) is 4.71. The fourth-order valence-electron chi connectivity index (χ4n) is 3.13. The van der Waals surface area contributed by atoms with Gasteiger partial charge in [-0.25, -0.2) is 4.79 Å². The standard InChI is InChI=1S/C17H25NO4/c1-21-16(20)18-17(13-14-5-3-2-4-6-14)9-7-15(8-10-17)22-12-11-19/h2-6,15,19H,7-13H2,1H3,(H,18,20). The topological polar surface area (TPSA) is 67.8 Å². The van der Waals surface area contributed by atoms with E-state index in [1.807, 2.05) is 18.2 Å². The van der Waals surface area contributed by atoms with E-state index in [1.54, 1.807) is 0 Å². The summed E-state index contributed by atoms with van der Waals surface area (Å²) in [7, 11) is 1.39. The highest BCUT2D eigenvalue weighted by atomic mass is 16.5. The van der Waals surface area contributed by atoms with Crippen molar-refractivity contribution in [3.05, 3.63) is 35.9 Å². The average Bonchev–Trinajstić information content (AvgIpc) is 2.55. The van der Waals surface area contributed by atoms with Gasteiger partial charge in [0.1, 0.15) is 0 Å². The molecular formula is C17H25NO4. The van der Waals surface area contributed by atoms with E-state index in [2.05, 4.69) is 17.4 Å². The van der Waals surface area contributed by atoms with Crippen LogP contribution in [0.3, 0.4) is 0 Å². The van der Waals surface area contributed by atoms with Crippen molar-refractivity contribution in [2.75, 3.05) is 20.3 Å². The first-order valence-electron chi connectivity index (χ1n) is 7.80. The van der Waals surface area contributed by atoms with Gasteiger partial charge in [0.2, 0.25) is 0 Å². The van der Waals surface area contributed by atoms with E-state index in [-0.39, 0.29) is 24.3 Å². The Bertz CT molecular complexity index is 455. The van der Waals surface area contributed by atoms with E-state index in [0.29, 0.717) is 6.61 Å². The zero-order valence-electron chi connectivity index (χ0n) is 13.1. The summed E-state index contributed by atoms with van der Waals surface area (Å²) in [5.74, 6) is 0. The van der Waals surface area contributed by atoms with Crippen molar-refractivity contribution in [3.8, 4) is 0 Å². The Morgan fingerprint density at radius 2 is 2.00 bits per heavy atom. The highest BCUT2D eigenvalue weighted by Gasteiger charge is 2.37. The maximum Gasteiger partial charge on any atom is 0.407 e. The number of methoxy groups -OCH3 is 1. The first kappa shape index (κ1) is 16.8. The van der Waals surface area contributed by atoms with Gasteiger partial charge in [0.25, 0.3) is 0 Å². The van der Waals surface area contributed by atoms with Crippen LogP contribution in [-0.2, 0) is 15.9 Å². The molecule has 5 nitrogen and oxygen atoms in total. The highest BCUT2D eigenvalue weighted by Crippen LogP contribution is 2.33. The van der Waals surface area contributed by atoms with Crippen LogP contribution in [0.4, 0.5) is 4.79 Å². The zero-order chi connectivity index (χ0) is 15.8. The number of carbonyl (C=O) groups excluding carboxylic acids is 1. The van der Waals surface area contributed by atoms with Crippen molar-refractivity contribution in [1.82, 2.24) is 5.32 Å². The molecule has 0 bridgehead atoms. The molecule has 0 aliphatic heterocycles. The Labute approximate surface area is 131 Å². The molecule has 1 aromatic carbocycles. The summed E-state index contributed by atoms with van der Waals surface area (Å²) >= 11 is 0. The molecule has 0 radical (unpaired) electrons. The van der Waals surface area contributed by atoms with E-state index in [9.17, 15) is 4.79 Å². The largest absolute Gasteiger partial charge is 0.453 e. The molecular weight excluding hydrogens is 282 g/mol. The van der Waals surface area contributed by atoms with Crippen molar-refractivity contribution in [1.29, 1.82) is 0 Å². The van der Waals surface area contributed by atoms with Gasteiger partial charge in [0, 0.05) is 5.54 Å². The van der Waals surface area contributed by atoms with E-state index >= 15 is 0 Å². The van der Waals surface area contributed by atoms with E-state index in [1.165, 1.54) is 12.7 Å². The summed E-state index contributed by atoms with van der Waals surface area (Å²) in [5.41, 5.74) is 0.918. The molecule has 0 atom stereocenters. The van der Waals surface area contributed by atoms with Gasteiger partial charge in [-0.2, -0.15) is 0 Å². The summed E-state index contributed by atoms with van der Waals surface area (Å²) in [6.45, 7) is 0.423. The molecule has 0 unspecified atom stereocenters. The van der Waals surface area contributed by atoms with Gasteiger partial charge >= 0.3 is 6.09 Å². The van der Waals surface area contributed by atoms with Crippen LogP contribution in [0.5, 0.6) is 0 Å². The number of hydrogen-bond acceptors (Lipinski definition) is 4. The molecule has 1 saturated carbocycles. The number of nitrogens with one attached hydrogen (secondary N) is 1. The fourth-order valence-corrected chi connectivity index (χ4v) is 3.13. The number of aliphatic hydroxyl groups is 1. The predicted octanol–water partition coefficient (Wildman–Crippen LogP) is 2.28. The third-order valence-electron chi connectivity index (χ3n) is 4.27. The van der Waals surface area contributed by atoms with Gasteiger partial charge in [0.05, 0.1) is 26.4 Å². The van der Waals surface area contributed by atoms with Crippen molar-refractivity contribution in [2.24, 2.45) is 0 Å². The Hall–Kier alpha value is -1.59. The molecule has 1 aromatic rings. The number of amides is 1. The maximum atomic E-state index is 11.7. The maximum absolute atomic E-state index is 11.7. The molecule has 0 heterocycles. The minimum atomic E-state index is -0.384. The van der Waals surface area contributed by atoms with E-state index < -0.39 is 0 Å². The van der Waals surface area contributed by atoms with Crippen molar-refractivity contribution >= 4 is 6.09 Å². The molecule has 0 spiro atoms. The average molecular weight is 307 g/mol. The molecule has 22 heavy (non-hydrogen) atoms. The Morgan fingerprint density at radius 3 is 2.59 bits per heavy atom. The van der Waals surface area contributed by atoms with Gasteiger partial charge in [0.15, 0.2) is 0 Å². The normalized spacial score (nSPS) is 24.7. The lowest BCUT2D eigenvalue weighted by atomic mass is 9.76. The number of benzene rings is 1. The SMILES string of the molecule is COC(=O)NC1(Cc2ccccc2)CCC(OCCO)CC1. The minimum Gasteiger partial charge on any atom is -0.453 e. The second kappa shape index (κ2) is 8.15. The molecule has 2 rings (SSSR count). The lowest BCUT2D eigenvalue weighted by Crippen LogP contribution is -2.53. The van der Waals surface area contributed by atoms with Crippen molar-refractivity contribution in [3.63, 3.8) is 0 Å². The molecule has 122 valence electrons. The molecule has 1 aliphatic rings. The Morgan fingerprint density at radius 1 is 1.32 bits per heavy atom. The van der Waals surface area contributed by atoms with Crippen LogP contribution in [0.25, 0.3) is 0 Å². The fraction of sp³-hybridized carbons (Fsp3) is 0.588. The summed E-state index contributed by atoms with van der Waals surface area (Å²) in [6, 6.07) is 10.2. The van der Waals surface area contributed by atoms with Gasteiger partial charge < -0.3 is 19.9 Å². The third-order valence-corrected chi connectivity index (χ3v) is 4.27. The van der Waals surface area contributed by atoms with Crippen LogP contribution in [-0.4, -0.2) is 43.2 Å². The number of alkyl carbamates (subject to hydrolysis) is 1. The lowest BCUT2D eigenvalue weighted by molar-refractivity contribution is -0.00765. The molecule has 1 aliphatic carbocycles. The number of aliphatic hydroxyl groups excluding tert-OH is 1. The smallest absolute Gasteiger partial charge is 0.407 e. The Balaban J connectivity index is 2.02. The quantitative estimate of drug-likeness (QED) is 0.846. The molecule has 2 N–H and O–H groups in total. The summed E-state index contributed by atoms with van der Waals surface area (Å²) in [5, 5.41) is 11.9. The molecule has 1 fully saturated rings. The summed E-state index contributed by atoms with van der Waals surface area (Å²) < 4.78 is 10.4. The lowest BCUT2D eigenvalue weighted by Gasteiger charge is -2.40. The number of carbonyl (C=O) groups is 1. The van der Waals surface area contributed by atoms with Crippen LogP contribution in [0.15, 0.2) is 30.3 Å². The Kier molecular flexibility index (Phi) is 6.21. The van der Waals surface area contributed by atoms with E-state index in [0.717, 1.165) is 32.1 Å². The van der Waals surface area contributed by atoms with Crippen molar-refractivity contribution in [2.45, 2.75) is 43.7 Å². The van der Waals surface area contributed by atoms with Gasteiger partial charge in [-0.3, -0.25) is 0 Å². The molecule has 0 aromatic heterocycles. The first-order chi connectivity index (χ1) is 10.7. The number of rotatable bonds is 6. The van der Waals surface area contributed by atoms with Crippen LogP contribution in [0, 0.1) is 0 Å². The second-order valence-electron chi connectivity index (χ2n) is 5.85. The number of hydrogen-bond donors (Lipinski definition) is 2. The number of ether oxygens (including phenoxy) is 2. The summed E-state index contributed by atoms with van der Waals surface area (Å²) in [6.07, 6.45) is 3.99. The molecule has 5 heteroatoms. The van der Waals surface area contributed by atoms with E-state index in [4.69, 9.17) is 14.6 Å². The summed E-state index contributed by atoms with van der Waals surface area (Å²) in [4.78, 5) is 11.7. The highest BCUT2D eigenvalue weighted by molar-refractivity contribution is 5.68. The van der Waals surface area contributed by atoms with Crippen LogP contribution >= 0.6 is 0 Å². The van der Waals surface area contributed by atoms with Crippen LogP contribution in [0.1, 0.15) is 31.2 Å². The minimum absolute atomic E-state index is 0.0477. The van der Waals surface area contributed by atoms with Crippen LogP contribution in [0.2, 0.25) is 0 Å². The zero-order valence-corrected chi connectivity index (χ0v) is 13.1. The second-order valence-corrected chi connectivity index (χ2v) is 5.85. The van der Waals surface area contributed by atoms with Gasteiger partial charge in [-0.05, 0) is 37.7 Å².